The van der Waals surface area contributed by atoms with Crippen LogP contribution in [0.25, 0.3) is 0 Å². The lowest BCUT2D eigenvalue weighted by Crippen LogP contribution is -2.38. The van der Waals surface area contributed by atoms with Gasteiger partial charge in [0.1, 0.15) is 0 Å². The number of urea groups is 1. The van der Waals surface area contributed by atoms with Crippen LogP contribution in [0.1, 0.15) is 25.3 Å². The van der Waals surface area contributed by atoms with Crippen LogP contribution in [-0.4, -0.2) is 51.2 Å². The zero-order chi connectivity index (χ0) is 18.0. The van der Waals surface area contributed by atoms with Crippen molar-refractivity contribution in [1.82, 2.24) is 14.9 Å². The Labute approximate surface area is 153 Å². The van der Waals surface area contributed by atoms with E-state index in [4.69, 9.17) is 0 Å². The fourth-order valence-corrected chi connectivity index (χ4v) is 3.41. The Morgan fingerprint density at radius 2 is 1.88 bits per heavy atom. The summed E-state index contributed by atoms with van der Waals surface area (Å²) in [6.45, 7) is 3.06. The summed E-state index contributed by atoms with van der Waals surface area (Å²) in [6, 6.07) is 7.89. The van der Waals surface area contributed by atoms with Crippen LogP contribution in [0.15, 0.2) is 28.7 Å². The molecule has 24 heavy (non-hydrogen) atoms. The molecule has 8 heteroatoms. The van der Waals surface area contributed by atoms with E-state index in [0.29, 0.717) is 26.1 Å². The molecule has 2 amide bonds. The molecule has 0 bridgehead atoms. The maximum absolute atomic E-state index is 11.6. The van der Waals surface area contributed by atoms with Crippen molar-refractivity contribution in [1.29, 1.82) is 0 Å². The van der Waals surface area contributed by atoms with Crippen molar-refractivity contribution in [2.75, 3.05) is 32.4 Å². The predicted octanol–water partition coefficient (Wildman–Crippen LogP) is 2.35. The van der Waals surface area contributed by atoms with Gasteiger partial charge < -0.3 is 10.6 Å². The number of rotatable bonds is 10. The first-order valence-corrected chi connectivity index (χ1v) is 10.5. The molecule has 1 aromatic rings. The monoisotopic (exact) mass is 419 g/mol. The number of carbonyl (C=O) groups excluding carboxylic acids is 1. The van der Waals surface area contributed by atoms with Gasteiger partial charge in [0.2, 0.25) is 10.0 Å². The first kappa shape index (κ1) is 20.9. The van der Waals surface area contributed by atoms with Crippen molar-refractivity contribution in [2.24, 2.45) is 0 Å². The Balaban J connectivity index is 2.10. The number of aryl methyl sites for hydroxylation is 1. The number of hydrogen-bond acceptors (Lipinski definition) is 3. The molecule has 0 spiro atoms. The smallest absolute Gasteiger partial charge is 0.314 e. The minimum Gasteiger partial charge on any atom is -0.338 e. The van der Waals surface area contributed by atoms with E-state index in [1.54, 1.807) is 14.0 Å². The van der Waals surface area contributed by atoms with E-state index in [0.717, 1.165) is 17.3 Å². The third-order valence-corrected chi connectivity index (χ3v) is 5.95. The average Bonchev–Trinajstić information content (AvgIpc) is 2.55. The molecule has 0 aliphatic rings. The van der Waals surface area contributed by atoms with Gasteiger partial charge in [0.05, 0.1) is 5.75 Å². The molecule has 0 saturated carbocycles. The maximum Gasteiger partial charge on any atom is 0.314 e. The number of amides is 2. The van der Waals surface area contributed by atoms with Gasteiger partial charge in [0, 0.05) is 31.2 Å². The molecule has 2 N–H and O–H groups in total. The molecule has 0 unspecified atom stereocenters. The van der Waals surface area contributed by atoms with Gasteiger partial charge in [-0.1, -0.05) is 28.1 Å². The SMILES string of the molecule is CCS(=O)(=O)N(C)CCCNC(=O)NCCCc1cccc(Br)c1. The van der Waals surface area contributed by atoms with E-state index in [1.165, 1.54) is 9.87 Å². The normalized spacial score (nSPS) is 11.5. The fourth-order valence-electron chi connectivity index (χ4n) is 2.11. The molecule has 0 aromatic heterocycles. The van der Waals surface area contributed by atoms with Gasteiger partial charge in [-0.15, -0.1) is 0 Å². The molecule has 136 valence electrons. The van der Waals surface area contributed by atoms with Gasteiger partial charge in [-0.3, -0.25) is 0 Å². The van der Waals surface area contributed by atoms with Gasteiger partial charge in [-0.2, -0.15) is 0 Å². The van der Waals surface area contributed by atoms with Crippen LogP contribution in [0.3, 0.4) is 0 Å². The van der Waals surface area contributed by atoms with E-state index in [9.17, 15) is 13.2 Å². The van der Waals surface area contributed by atoms with Crippen molar-refractivity contribution in [2.45, 2.75) is 26.2 Å². The lowest BCUT2D eigenvalue weighted by molar-refractivity contribution is 0.240. The summed E-state index contributed by atoms with van der Waals surface area (Å²) in [4.78, 5) is 11.6. The van der Waals surface area contributed by atoms with Crippen molar-refractivity contribution in [3.63, 3.8) is 0 Å². The highest BCUT2D eigenvalue weighted by atomic mass is 79.9. The molecule has 0 radical (unpaired) electrons. The van der Waals surface area contributed by atoms with Crippen LogP contribution in [-0.2, 0) is 16.4 Å². The van der Waals surface area contributed by atoms with Crippen LogP contribution in [0.2, 0.25) is 0 Å². The van der Waals surface area contributed by atoms with Gasteiger partial charge in [0.15, 0.2) is 0 Å². The first-order valence-electron chi connectivity index (χ1n) is 8.05. The molecule has 0 fully saturated rings. The zero-order valence-corrected chi connectivity index (χ0v) is 16.6. The highest BCUT2D eigenvalue weighted by molar-refractivity contribution is 9.10. The molecule has 0 saturated heterocycles. The number of nitrogens with zero attached hydrogens (tertiary/aromatic N) is 1. The number of nitrogens with one attached hydrogen (secondary N) is 2. The molecular formula is C16H26BrN3O3S. The Morgan fingerprint density at radius 3 is 2.50 bits per heavy atom. The molecule has 0 aliphatic heterocycles. The van der Waals surface area contributed by atoms with E-state index in [2.05, 4.69) is 38.7 Å². The van der Waals surface area contributed by atoms with Crippen LogP contribution in [0.4, 0.5) is 4.79 Å². The van der Waals surface area contributed by atoms with Gasteiger partial charge >= 0.3 is 6.03 Å². The Kier molecular flexibility index (Phi) is 9.31. The topological polar surface area (TPSA) is 78.5 Å². The number of hydrogen-bond donors (Lipinski definition) is 2. The Hall–Kier alpha value is -1.12. The third kappa shape index (κ3) is 8.12. The Bertz CT molecular complexity index is 623. The highest BCUT2D eigenvalue weighted by Gasteiger charge is 2.13. The second-order valence-electron chi connectivity index (χ2n) is 5.49. The molecule has 1 aromatic carbocycles. The lowest BCUT2D eigenvalue weighted by Gasteiger charge is -2.15. The second kappa shape index (κ2) is 10.7. The highest BCUT2D eigenvalue weighted by Crippen LogP contribution is 2.12. The number of benzene rings is 1. The van der Waals surface area contributed by atoms with Crippen LogP contribution in [0.5, 0.6) is 0 Å². The summed E-state index contributed by atoms with van der Waals surface area (Å²) >= 11 is 3.44. The fraction of sp³-hybridized carbons (Fsp3) is 0.562. The third-order valence-electron chi connectivity index (χ3n) is 3.59. The summed E-state index contributed by atoms with van der Waals surface area (Å²) in [6.07, 6.45) is 2.35. The summed E-state index contributed by atoms with van der Waals surface area (Å²) in [5.74, 6) is 0.0927. The number of halogens is 1. The standard InChI is InChI=1S/C16H26BrN3O3S/c1-3-24(22,23)20(2)12-6-11-19-16(21)18-10-5-8-14-7-4-9-15(17)13-14/h4,7,9,13H,3,5-6,8,10-12H2,1-2H3,(H2,18,19,21). The summed E-state index contributed by atoms with van der Waals surface area (Å²) in [7, 11) is -1.59. The molecule has 6 nitrogen and oxygen atoms in total. The predicted molar refractivity (Wildman–Crippen MR) is 101 cm³/mol. The number of carbonyl (C=O) groups is 1. The van der Waals surface area contributed by atoms with E-state index in [-0.39, 0.29) is 11.8 Å². The molecule has 0 aliphatic carbocycles. The van der Waals surface area contributed by atoms with Crippen molar-refractivity contribution in [3.05, 3.63) is 34.3 Å². The summed E-state index contributed by atoms with van der Waals surface area (Å²) in [5, 5.41) is 5.54. The largest absolute Gasteiger partial charge is 0.338 e. The summed E-state index contributed by atoms with van der Waals surface area (Å²) < 4.78 is 25.5. The van der Waals surface area contributed by atoms with E-state index >= 15 is 0 Å². The van der Waals surface area contributed by atoms with E-state index < -0.39 is 10.0 Å². The van der Waals surface area contributed by atoms with Gasteiger partial charge in [0.25, 0.3) is 0 Å². The van der Waals surface area contributed by atoms with Gasteiger partial charge in [-0.05, 0) is 43.9 Å². The van der Waals surface area contributed by atoms with Crippen molar-refractivity contribution in [3.8, 4) is 0 Å². The molecular weight excluding hydrogens is 394 g/mol. The first-order chi connectivity index (χ1) is 11.3. The minimum absolute atomic E-state index is 0.0927. The summed E-state index contributed by atoms with van der Waals surface area (Å²) in [5.41, 5.74) is 1.23. The zero-order valence-electron chi connectivity index (χ0n) is 14.2. The van der Waals surface area contributed by atoms with E-state index in [1.807, 2.05) is 12.1 Å². The van der Waals surface area contributed by atoms with Crippen LogP contribution >= 0.6 is 15.9 Å². The molecule has 0 atom stereocenters. The lowest BCUT2D eigenvalue weighted by atomic mass is 10.1. The van der Waals surface area contributed by atoms with Crippen molar-refractivity contribution >= 4 is 32.0 Å². The van der Waals surface area contributed by atoms with Crippen LogP contribution < -0.4 is 10.6 Å². The van der Waals surface area contributed by atoms with Gasteiger partial charge in [-0.25, -0.2) is 17.5 Å². The number of sulfonamides is 1. The molecule has 1 rings (SSSR count). The van der Waals surface area contributed by atoms with Crippen LogP contribution in [0, 0.1) is 0 Å². The Morgan fingerprint density at radius 1 is 1.21 bits per heavy atom. The maximum atomic E-state index is 11.6. The average molecular weight is 420 g/mol. The molecule has 0 heterocycles. The van der Waals surface area contributed by atoms with Crippen molar-refractivity contribution < 1.29 is 13.2 Å². The second-order valence-corrected chi connectivity index (χ2v) is 8.77. The minimum atomic E-state index is -3.14. The quantitative estimate of drug-likeness (QED) is 0.571.